The van der Waals surface area contributed by atoms with Crippen LogP contribution in [0.1, 0.15) is 91.1 Å². The van der Waals surface area contributed by atoms with Crippen molar-refractivity contribution in [3.63, 3.8) is 0 Å². The fraction of sp³-hybridized carbons (Fsp3) is 0.556. The number of benzene rings is 2. The van der Waals surface area contributed by atoms with Gasteiger partial charge in [0, 0.05) is 72.8 Å². The Bertz CT molecular complexity index is 1920. The summed E-state index contributed by atoms with van der Waals surface area (Å²) in [6.07, 6.45) is 9.05. The van der Waals surface area contributed by atoms with Crippen molar-refractivity contribution in [2.24, 2.45) is 5.41 Å². The number of nitrogens with one attached hydrogen (secondary N) is 1. The molecule has 2 amide bonds. The van der Waals surface area contributed by atoms with E-state index in [0.717, 1.165) is 85.8 Å². The fourth-order valence-electron chi connectivity index (χ4n) is 9.76. The molecule has 2 aromatic carbocycles. The van der Waals surface area contributed by atoms with Gasteiger partial charge in [-0.05, 0) is 92.9 Å². The van der Waals surface area contributed by atoms with Crippen LogP contribution in [0.2, 0.25) is 0 Å². The minimum Gasteiger partial charge on any atom is -0.339 e. The van der Waals surface area contributed by atoms with Crippen LogP contribution < -0.4 is 4.72 Å². The minimum atomic E-state index is -3.91. The van der Waals surface area contributed by atoms with E-state index in [-0.39, 0.29) is 35.3 Å². The molecule has 11 heteroatoms. The summed E-state index contributed by atoms with van der Waals surface area (Å²) in [7, 11) is -1.78. The van der Waals surface area contributed by atoms with E-state index in [1.54, 1.807) is 12.1 Å². The molecule has 248 valence electrons. The van der Waals surface area contributed by atoms with Gasteiger partial charge in [-0.3, -0.25) is 9.59 Å². The summed E-state index contributed by atoms with van der Waals surface area (Å²) in [5, 5.41) is 1.03. The molecule has 2 aliphatic carbocycles. The molecule has 1 N–H and O–H groups in total. The fourth-order valence-corrected chi connectivity index (χ4v) is 11.0. The zero-order valence-corrected chi connectivity index (χ0v) is 27.7. The Kier molecular flexibility index (Phi) is 6.73. The molecule has 4 aliphatic heterocycles. The predicted octanol–water partition coefficient (Wildman–Crippen LogP) is 4.97. The number of aromatic nitrogens is 1. The van der Waals surface area contributed by atoms with Crippen molar-refractivity contribution in [2.75, 3.05) is 33.2 Å². The zero-order valence-electron chi connectivity index (χ0n) is 26.9. The molecule has 4 atom stereocenters. The third-order valence-corrected chi connectivity index (χ3v) is 13.7. The number of likely N-dealkylation sites (tertiary alicyclic amines) is 1. The lowest BCUT2D eigenvalue weighted by Gasteiger charge is -2.41. The van der Waals surface area contributed by atoms with Crippen LogP contribution >= 0.6 is 0 Å². The monoisotopic (exact) mass is 659 g/mol. The molecule has 6 aliphatic rings. The van der Waals surface area contributed by atoms with Gasteiger partial charge in [0.05, 0.1) is 11.1 Å². The molecule has 2 saturated carbocycles. The van der Waals surface area contributed by atoms with E-state index < -0.39 is 21.5 Å². The van der Waals surface area contributed by atoms with Crippen LogP contribution in [0.3, 0.4) is 0 Å². The lowest BCUT2D eigenvalue weighted by molar-refractivity contribution is -0.143. The topological polar surface area (TPSA) is 95.0 Å². The highest BCUT2D eigenvalue weighted by molar-refractivity contribution is 7.87. The smallest absolute Gasteiger partial charge is 0.304 e. The number of carbonyl (C=O) groups is 2. The number of hydrogen-bond donors (Lipinski definition) is 1. The highest BCUT2D eigenvalue weighted by Crippen LogP contribution is 2.66. The van der Waals surface area contributed by atoms with Crippen molar-refractivity contribution in [2.45, 2.75) is 88.3 Å². The summed E-state index contributed by atoms with van der Waals surface area (Å²) in [6, 6.07) is 11.0. The largest absolute Gasteiger partial charge is 0.339 e. The van der Waals surface area contributed by atoms with E-state index in [4.69, 9.17) is 0 Å². The first kappa shape index (κ1) is 29.8. The number of carbonyl (C=O) groups excluding carboxylic acids is 2. The van der Waals surface area contributed by atoms with Crippen molar-refractivity contribution in [3.05, 3.63) is 58.9 Å². The second kappa shape index (κ2) is 10.6. The Balaban J connectivity index is 1.21. The Hall–Kier alpha value is -3.28. The highest BCUT2D eigenvalue weighted by Gasteiger charge is 2.65. The summed E-state index contributed by atoms with van der Waals surface area (Å²) < 4.78 is 46.5. The first-order valence-corrected chi connectivity index (χ1v) is 18.9. The molecule has 0 spiro atoms. The van der Waals surface area contributed by atoms with Gasteiger partial charge < -0.3 is 14.4 Å². The van der Waals surface area contributed by atoms with Crippen LogP contribution in [0.15, 0.2) is 36.4 Å². The van der Waals surface area contributed by atoms with Crippen molar-refractivity contribution < 1.29 is 22.4 Å². The van der Waals surface area contributed by atoms with Gasteiger partial charge >= 0.3 is 10.2 Å². The predicted molar refractivity (Wildman–Crippen MR) is 177 cm³/mol. The number of halogens is 1. The maximum Gasteiger partial charge on any atom is 0.304 e. The molecule has 47 heavy (non-hydrogen) atoms. The lowest BCUT2D eigenvalue weighted by atomic mass is 9.81. The molecule has 1 aromatic heterocycles. The standard InChI is InChI=1S/C36H42FN5O4S/c1-39-19-25-10-11-26(20-39)42(25)35(44)36-18-30(36)29-17-24(37)9-13-27(29)33-32(22-6-3-2-4-7-22)28-12-8-23(16-31(28)41(33)21-36)34(43)38-47(45,46)40-14-5-15-40/h8-9,12-13,16-17,22,25-26,30H,2-7,10-11,14-15,18-21H2,1H3,(H,38,43)/t25?,26?,30-,36-/m0/s1. The van der Waals surface area contributed by atoms with Crippen molar-refractivity contribution in [1.82, 2.24) is 23.4 Å². The van der Waals surface area contributed by atoms with E-state index in [2.05, 4.69) is 26.1 Å². The van der Waals surface area contributed by atoms with Crippen LogP contribution in [0, 0.1) is 11.2 Å². The number of hydrogen-bond acceptors (Lipinski definition) is 5. The lowest BCUT2D eigenvalue weighted by Crippen LogP contribution is -2.57. The Morgan fingerprint density at radius 1 is 0.936 bits per heavy atom. The molecule has 5 fully saturated rings. The van der Waals surface area contributed by atoms with Gasteiger partial charge in [-0.2, -0.15) is 12.7 Å². The number of fused-ring (bicyclic) bond motifs is 9. The number of piperazine rings is 1. The normalized spacial score (nSPS) is 29.1. The van der Waals surface area contributed by atoms with E-state index in [1.165, 1.54) is 22.4 Å². The first-order valence-electron chi connectivity index (χ1n) is 17.4. The second-order valence-corrected chi connectivity index (χ2v) is 16.7. The number of amides is 2. The van der Waals surface area contributed by atoms with Crippen LogP contribution in [0.25, 0.3) is 22.2 Å². The van der Waals surface area contributed by atoms with Gasteiger partial charge in [-0.15, -0.1) is 0 Å². The maximum atomic E-state index is 15.1. The summed E-state index contributed by atoms with van der Waals surface area (Å²) >= 11 is 0. The molecular formula is C36H42FN5O4S. The number of likely N-dealkylation sites (N-methyl/N-ethyl adjacent to an activating group) is 1. The van der Waals surface area contributed by atoms with Crippen molar-refractivity contribution in [1.29, 1.82) is 0 Å². The Labute approximate surface area is 275 Å². The first-order chi connectivity index (χ1) is 22.6. The molecule has 9 nitrogen and oxygen atoms in total. The number of rotatable bonds is 5. The second-order valence-electron chi connectivity index (χ2n) is 15.1. The van der Waals surface area contributed by atoms with E-state index in [0.29, 0.717) is 32.0 Å². The molecule has 3 aromatic rings. The van der Waals surface area contributed by atoms with Gasteiger partial charge in [0.25, 0.3) is 5.91 Å². The average Bonchev–Trinajstić information content (AvgIpc) is 3.60. The van der Waals surface area contributed by atoms with Crippen molar-refractivity contribution >= 4 is 32.9 Å². The Morgan fingerprint density at radius 2 is 1.68 bits per heavy atom. The highest BCUT2D eigenvalue weighted by atomic mass is 32.2. The van der Waals surface area contributed by atoms with Gasteiger partial charge in [0.2, 0.25) is 5.91 Å². The van der Waals surface area contributed by atoms with E-state index >= 15 is 4.39 Å². The minimum absolute atomic E-state index is 0.0814. The maximum absolute atomic E-state index is 15.1. The zero-order chi connectivity index (χ0) is 32.2. The van der Waals surface area contributed by atoms with Gasteiger partial charge in [0.1, 0.15) is 5.82 Å². The molecule has 2 bridgehead atoms. The summed E-state index contributed by atoms with van der Waals surface area (Å²) in [5.74, 6) is -0.540. The summed E-state index contributed by atoms with van der Waals surface area (Å²) in [6.45, 7) is 3.01. The third kappa shape index (κ3) is 4.55. The summed E-state index contributed by atoms with van der Waals surface area (Å²) in [4.78, 5) is 32.8. The van der Waals surface area contributed by atoms with Gasteiger partial charge in [0.15, 0.2) is 0 Å². The quantitative estimate of drug-likeness (QED) is 0.418. The molecule has 9 rings (SSSR count). The van der Waals surface area contributed by atoms with E-state index in [9.17, 15) is 18.0 Å². The molecule has 2 unspecified atom stereocenters. The summed E-state index contributed by atoms with van der Waals surface area (Å²) in [5.41, 5.74) is 4.56. The van der Waals surface area contributed by atoms with Crippen LogP contribution in [-0.2, 0) is 21.5 Å². The average molecular weight is 660 g/mol. The SMILES string of the molecule is CN1CC2CCC(C1)N2C(=O)[C@]12C[C@H]1c1cc(F)ccc1-c1c(C3CCCCC3)c3ccc(C(=O)NS(=O)(=O)N4CCC4)cc3n1C2. The molecule has 5 heterocycles. The molecular weight excluding hydrogens is 617 g/mol. The molecule has 3 saturated heterocycles. The van der Waals surface area contributed by atoms with Gasteiger partial charge in [-0.25, -0.2) is 9.11 Å². The number of nitrogens with zero attached hydrogens (tertiary/aromatic N) is 4. The van der Waals surface area contributed by atoms with Crippen molar-refractivity contribution in [3.8, 4) is 11.3 Å². The molecule has 0 radical (unpaired) electrons. The van der Waals surface area contributed by atoms with Crippen LogP contribution in [-0.4, -0.2) is 84.2 Å². The Morgan fingerprint density at radius 3 is 2.38 bits per heavy atom. The van der Waals surface area contributed by atoms with E-state index in [1.807, 2.05) is 18.2 Å². The third-order valence-electron chi connectivity index (χ3n) is 12.2. The van der Waals surface area contributed by atoms with Crippen LogP contribution in [0.5, 0.6) is 0 Å². The van der Waals surface area contributed by atoms with Crippen LogP contribution in [0.4, 0.5) is 4.39 Å². The van der Waals surface area contributed by atoms with Gasteiger partial charge in [-0.1, -0.05) is 25.3 Å².